The van der Waals surface area contributed by atoms with Gasteiger partial charge in [0.1, 0.15) is 5.75 Å². The predicted octanol–water partition coefficient (Wildman–Crippen LogP) is 3.23. The average molecular weight is 309 g/mol. The smallest absolute Gasteiger partial charge is 0.193 e. The Bertz CT molecular complexity index is 699. The van der Waals surface area contributed by atoms with Crippen LogP contribution in [0.3, 0.4) is 0 Å². The maximum atomic E-state index is 6.05. The van der Waals surface area contributed by atoms with E-state index in [-0.39, 0.29) is 5.41 Å². The van der Waals surface area contributed by atoms with E-state index in [0.717, 1.165) is 24.3 Å². The number of guanidine groups is 1. The zero-order valence-corrected chi connectivity index (χ0v) is 13.7. The molecule has 120 valence electrons. The summed E-state index contributed by atoms with van der Waals surface area (Å²) in [7, 11) is 1.64. The molecule has 0 aromatic heterocycles. The molecule has 0 amide bonds. The van der Waals surface area contributed by atoms with Crippen molar-refractivity contribution in [3.63, 3.8) is 0 Å². The van der Waals surface area contributed by atoms with Gasteiger partial charge in [-0.3, -0.25) is 4.99 Å². The molecule has 4 heteroatoms. The number of anilines is 1. The third-order valence-electron chi connectivity index (χ3n) is 4.35. The molecule has 0 saturated heterocycles. The van der Waals surface area contributed by atoms with Gasteiger partial charge < -0.3 is 15.8 Å². The number of methoxy groups -OCH3 is 1. The summed E-state index contributed by atoms with van der Waals surface area (Å²) in [6.07, 6.45) is 2.10. The number of ether oxygens (including phenoxy) is 1. The largest absolute Gasteiger partial charge is 0.495 e. The van der Waals surface area contributed by atoms with Gasteiger partial charge in [0.2, 0.25) is 0 Å². The van der Waals surface area contributed by atoms with Crippen molar-refractivity contribution in [2.45, 2.75) is 19.8 Å². The van der Waals surface area contributed by atoms with Crippen LogP contribution in [0.5, 0.6) is 5.75 Å². The van der Waals surface area contributed by atoms with Crippen molar-refractivity contribution in [1.82, 2.24) is 0 Å². The maximum absolute atomic E-state index is 6.05. The summed E-state index contributed by atoms with van der Waals surface area (Å²) >= 11 is 0. The number of nitrogens with zero attached hydrogens (tertiary/aromatic N) is 1. The number of nitrogens with one attached hydrogen (secondary N) is 1. The Morgan fingerprint density at radius 1 is 1.13 bits per heavy atom. The Kier molecular flexibility index (Phi) is 4.24. The molecule has 0 atom stereocenters. The summed E-state index contributed by atoms with van der Waals surface area (Å²) in [4.78, 5) is 4.56. The van der Waals surface area contributed by atoms with E-state index in [1.807, 2.05) is 24.3 Å². The Labute approximate surface area is 137 Å². The van der Waals surface area contributed by atoms with E-state index in [1.165, 1.54) is 11.1 Å². The topological polar surface area (TPSA) is 59.6 Å². The van der Waals surface area contributed by atoms with Crippen molar-refractivity contribution in [2.24, 2.45) is 16.1 Å². The highest BCUT2D eigenvalue weighted by molar-refractivity contribution is 5.93. The zero-order valence-electron chi connectivity index (χ0n) is 13.7. The molecule has 1 aliphatic carbocycles. The van der Waals surface area contributed by atoms with Crippen molar-refractivity contribution < 1.29 is 4.74 Å². The first-order valence-corrected chi connectivity index (χ1v) is 7.86. The summed E-state index contributed by atoms with van der Waals surface area (Å²) in [5, 5.41) is 3.13. The van der Waals surface area contributed by atoms with Crippen molar-refractivity contribution >= 4 is 11.6 Å². The molecule has 0 heterocycles. The first-order chi connectivity index (χ1) is 11.1. The molecular formula is C19H23N3O. The number of para-hydroxylation sites is 2. The van der Waals surface area contributed by atoms with Gasteiger partial charge in [0.15, 0.2) is 5.96 Å². The van der Waals surface area contributed by atoms with Crippen LogP contribution in [0.15, 0.2) is 53.5 Å². The first kappa shape index (κ1) is 15.4. The van der Waals surface area contributed by atoms with Crippen LogP contribution in [0.25, 0.3) is 0 Å². The van der Waals surface area contributed by atoms with Gasteiger partial charge in [0.05, 0.1) is 12.8 Å². The van der Waals surface area contributed by atoms with Crippen LogP contribution in [0.2, 0.25) is 0 Å². The lowest BCUT2D eigenvalue weighted by Gasteiger charge is -2.21. The molecule has 4 nitrogen and oxygen atoms in total. The minimum atomic E-state index is 0.136. The lowest BCUT2D eigenvalue weighted by Crippen LogP contribution is -2.27. The van der Waals surface area contributed by atoms with E-state index < -0.39 is 0 Å². The number of hydrogen-bond acceptors (Lipinski definition) is 2. The molecule has 0 aliphatic heterocycles. The van der Waals surface area contributed by atoms with Gasteiger partial charge in [-0.05, 0) is 41.5 Å². The van der Waals surface area contributed by atoms with E-state index in [1.54, 1.807) is 7.11 Å². The lowest BCUT2D eigenvalue weighted by molar-refractivity contribution is 0.360. The maximum Gasteiger partial charge on any atom is 0.193 e. The quantitative estimate of drug-likeness (QED) is 0.673. The monoisotopic (exact) mass is 309 g/mol. The number of hydrogen-bond donors (Lipinski definition) is 2. The van der Waals surface area contributed by atoms with Crippen LogP contribution < -0.4 is 15.8 Å². The van der Waals surface area contributed by atoms with Gasteiger partial charge in [-0.25, -0.2) is 0 Å². The van der Waals surface area contributed by atoms with Gasteiger partial charge in [0.25, 0.3) is 0 Å². The molecule has 23 heavy (non-hydrogen) atoms. The van der Waals surface area contributed by atoms with Crippen molar-refractivity contribution in [3.8, 4) is 5.75 Å². The molecule has 0 spiro atoms. The van der Waals surface area contributed by atoms with Gasteiger partial charge in [-0.15, -0.1) is 0 Å². The Hall–Kier alpha value is -2.49. The first-order valence-electron chi connectivity index (χ1n) is 7.86. The number of nitrogens with two attached hydrogens (primary N) is 1. The Morgan fingerprint density at radius 2 is 1.74 bits per heavy atom. The van der Waals surface area contributed by atoms with Crippen LogP contribution in [0, 0.1) is 5.41 Å². The lowest BCUT2D eigenvalue weighted by atomic mass is 9.87. The summed E-state index contributed by atoms with van der Waals surface area (Å²) in [6, 6.07) is 16.3. The zero-order chi connectivity index (χ0) is 16.3. The molecule has 1 aliphatic rings. The van der Waals surface area contributed by atoms with E-state index in [4.69, 9.17) is 10.5 Å². The standard InChI is InChI=1S/C19H23N3O/c1-19(11-14-7-3-4-8-15(14)12-19)13-21-18(20)22-16-9-5-6-10-17(16)23-2/h3-10H,11-13H2,1-2H3,(H3,20,21,22). The fourth-order valence-corrected chi connectivity index (χ4v) is 3.20. The summed E-state index contributed by atoms with van der Waals surface area (Å²) < 4.78 is 5.31. The molecule has 0 radical (unpaired) electrons. The normalized spacial score (nSPS) is 16.0. The number of benzene rings is 2. The minimum Gasteiger partial charge on any atom is -0.495 e. The molecule has 3 N–H and O–H groups in total. The molecule has 0 unspecified atom stereocenters. The number of aliphatic imine (C=N–C) groups is 1. The molecular weight excluding hydrogens is 286 g/mol. The fourth-order valence-electron chi connectivity index (χ4n) is 3.20. The summed E-state index contributed by atoms with van der Waals surface area (Å²) in [6.45, 7) is 2.97. The second kappa shape index (κ2) is 6.32. The van der Waals surface area contributed by atoms with Crippen LogP contribution >= 0.6 is 0 Å². The Morgan fingerprint density at radius 3 is 2.39 bits per heavy atom. The summed E-state index contributed by atoms with van der Waals surface area (Å²) in [5.41, 5.74) is 9.88. The van der Waals surface area contributed by atoms with E-state index in [9.17, 15) is 0 Å². The molecule has 0 saturated carbocycles. The summed E-state index contributed by atoms with van der Waals surface area (Å²) in [5.74, 6) is 1.18. The SMILES string of the molecule is COc1ccccc1NC(N)=NCC1(C)Cc2ccccc2C1. The van der Waals surface area contributed by atoms with Crippen LogP contribution in [-0.2, 0) is 12.8 Å². The van der Waals surface area contributed by atoms with Crippen molar-refractivity contribution in [3.05, 3.63) is 59.7 Å². The van der Waals surface area contributed by atoms with E-state index in [0.29, 0.717) is 12.5 Å². The van der Waals surface area contributed by atoms with E-state index in [2.05, 4.69) is 41.5 Å². The van der Waals surface area contributed by atoms with Gasteiger partial charge >= 0.3 is 0 Å². The number of fused-ring (bicyclic) bond motifs is 1. The fraction of sp³-hybridized carbons (Fsp3) is 0.316. The second-order valence-corrected chi connectivity index (χ2v) is 6.46. The highest BCUT2D eigenvalue weighted by Gasteiger charge is 2.32. The molecule has 0 fully saturated rings. The van der Waals surface area contributed by atoms with Gasteiger partial charge in [0, 0.05) is 6.54 Å². The Balaban J connectivity index is 1.66. The van der Waals surface area contributed by atoms with Crippen LogP contribution in [-0.4, -0.2) is 19.6 Å². The van der Waals surface area contributed by atoms with Crippen molar-refractivity contribution in [2.75, 3.05) is 19.0 Å². The highest BCUT2D eigenvalue weighted by atomic mass is 16.5. The number of rotatable bonds is 4. The van der Waals surface area contributed by atoms with Crippen LogP contribution in [0.4, 0.5) is 5.69 Å². The predicted molar refractivity (Wildman–Crippen MR) is 95.1 cm³/mol. The molecule has 0 bridgehead atoms. The van der Waals surface area contributed by atoms with Crippen LogP contribution in [0.1, 0.15) is 18.1 Å². The highest BCUT2D eigenvalue weighted by Crippen LogP contribution is 2.36. The molecule has 3 rings (SSSR count). The van der Waals surface area contributed by atoms with Gasteiger partial charge in [-0.2, -0.15) is 0 Å². The molecule has 2 aromatic carbocycles. The molecule has 2 aromatic rings. The van der Waals surface area contributed by atoms with Gasteiger partial charge in [-0.1, -0.05) is 43.3 Å². The van der Waals surface area contributed by atoms with E-state index >= 15 is 0 Å². The second-order valence-electron chi connectivity index (χ2n) is 6.46. The van der Waals surface area contributed by atoms with Crippen molar-refractivity contribution in [1.29, 1.82) is 0 Å². The third-order valence-corrected chi connectivity index (χ3v) is 4.35. The minimum absolute atomic E-state index is 0.136. The third kappa shape index (κ3) is 3.47. The average Bonchev–Trinajstić information content (AvgIpc) is 2.90.